The fraction of sp³-hybridized carbons (Fsp3) is 1.00. The van der Waals surface area contributed by atoms with Gasteiger partial charge in [-0.1, -0.05) is 13.8 Å². The first kappa shape index (κ1) is 15.7. The molecule has 0 aliphatic carbocycles. The number of hydrogen-bond donors (Lipinski definition) is 2. The Kier molecular flexibility index (Phi) is 88.3. The molecule has 0 spiro atoms. The number of rotatable bonds is 0. The second kappa shape index (κ2) is 33.8. The summed E-state index contributed by atoms with van der Waals surface area (Å²) in [5, 5.41) is 0. The van der Waals surface area contributed by atoms with Crippen LogP contribution in [0, 0.1) is 0 Å². The van der Waals surface area contributed by atoms with E-state index >= 15 is 0 Å². The fourth-order valence-corrected chi connectivity index (χ4v) is 0. The summed E-state index contributed by atoms with van der Waals surface area (Å²) in [6.45, 7) is 4.00. The largest absolute Gasteiger partial charge is 0.307 e. The Hall–Kier alpha value is 1.27. The van der Waals surface area contributed by atoms with E-state index in [0.717, 1.165) is 0 Å². The summed E-state index contributed by atoms with van der Waals surface area (Å²) in [4.78, 5) is 0. The van der Waals surface area contributed by atoms with Crippen LogP contribution in [0.1, 0.15) is 13.8 Å². The second-order valence-corrected chi connectivity index (χ2v) is 0.245. The zero-order valence-corrected chi connectivity index (χ0v) is 7.12. The van der Waals surface area contributed by atoms with Gasteiger partial charge in [-0.15, -0.1) is 0 Å². The van der Waals surface area contributed by atoms with Crippen molar-refractivity contribution in [3.05, 3.63) is 0 Å². The summed E-state index contributed by atoms with van der Waals surface area (Å²) in [5.41, 5.74) is 0. The molecule has 0 fully saturated rings. The first-order valence-electron chi connectivity index (χ1n) is 1.37. The molecule has 0 aliphatic rings. The molecule has 1 radical (unpaired) electrons. The van der Waals surface area contributed by atoms with E-state index in [1.807, 2.05) is 13.8 Å². The summed E-state index contributed by atoms with van der Waals surface area (Å²) in [6, 6.07) is 0. The molecule has 0 bridgehead atoms. The van der Waals surface area contributed by atoms with E-state index in [4.69, 9.17) is 9.11 Å². The van der Waals surface area contributed by atoms with Gasteiger partial charge in [-0.05, 0) is 0 Å². The van der Waals surface area contributed by atoms with Gasteiger partial charge in [-0.2, -0.15) is 0 Å². The molecular weight excluding hydrogens is 111 g/mol. The molecule has 6 heavy (non-hydrogen) atoms. The molecule has 0 saturated carbocycles. The van der Waals surface area contributed by atoms with Crippen LogP contribution in [-0.2, 0) is 0 Å². The first-order chi connectivity index (χ1) is 2.41. The predicted molar refractivity (Wildman–Crippen MR) is 30.0 cm³/mol. The first-order valence-corrected chi connectivity index (χ1v) is 2.10. The molecule has 0 aromatic carbocycles. The van der Waals surface area contributed by atoms with Gasteiger partial charge >= 0.3 is 0 Å². The molecular formula is C2H8NaO2S. The smallest absolute Gasteiger partial charge is 0.152 e. The Bertz CT molecular complexity index is 11.5. The Balaban J connectivity index is -0.0000000275. The maximum absolute atomic E-state index is 7.04. The van der Waals surface area contributed by atoms with E-state index in [0.29, 0.717) is 0 Å². The zero-order valence-electron chi connectivity index (χ0n) is 4.30. The topological polar surface area (TPSA) is 40.5 Å². The zero-order chi connectivity index (χ0) is 4.71. The van der Waals surface area contributed by atoms with E-state index in [1.165, 1.54) is 0 Å². The molecule has 2 N–H and O–H groups in total. The van der Waals surface area contributed by atoms with Crippen LogP contribution in [0.3, 0.4) is 0 Å². The minimum Gasteiger partial charge on any atom is -0.307 e. The van der Waals surface area contributed by atoms with E-state index in [1.54, 1.807) is 0 Å². The molecule has 0 heterocycles. The molecule has 35 valence electrons. The quantitative estimate of drug-likeness (QED) is 0.373. The van der Waals surface area contributed by atoms with Crippen LogP contribution >= 0.6 is 12.3 Å². The van der Waals surface area contributed by atoms with Gasteiger partial charge in [0, 0.05) is 29.6 Å². The van der Waals surface area contributed by atoms with E-state index in [9.17, 15) is 0 Å². The van der Waals surface area contributed by atoms with Gasteiger partial charge in [0.2, 0.25) is 0 Å². The summed E-state index contributed by atoms with van der Waals surface area (Å²) < 4.78 is 14.1. The van der Waals surface area contributed by atoms with E-state index in [-0.39, 0.29) is 41.9 Å². The third kappa shape index (κ3) is 59.6. The van der Waals surface area contributed by atoms with Crippen molar-refractivity contribution >= 4 is 41.9 Å². The van der Waals surface area contributed by atoms with Gasteiger partial charge < -0.3 is 9.11 Å². The Morgan fingerprint density at radius 3 is 1.17 bits per heavy atom. The third-order valence-electron chi connectivity index (χ3n) is 0. The standard InChI is InChI=1S/C2H6.Na.H2O2S/c1-2;;1-3-2/h1-2H3;;1-2H. The molecule has 0 saturated heterocycles. The Morgan fingerprint density at radius 1 is 1.17 bits per heavy atom. The molecule has 0 aromatic rings. The van der Waals surface area contributed by atoms with E-state index < -0.39 is 0 Å². The van der Waals surface area contributed by atoms with Gasteiger partial charge in [0.25, 0.3) is 0 Å². The molecule has 0 unspecified atom stereocenters. The van der Waals surface area contributed by atoms with Crippen molar-refractivity contribution in [3.8, 4) is 0 Å². The number of hydrogen-bond acceptors (Lipinski definition) is 3. The van der Waals surface area contributed by atoms with Crippen molar-refractivity contribution in [2.24, 2.45) is 0 Å². The molecule has 4 heteroatoms. The Morgan fingerprint density at radius 2 is 1.17 bits per heavy atom. The van der Waals surface area contributed by atoms with Crippen LogP contribution in [-0.4, -0.2) is 38.7 Å². The summed E-state index contributed by atoms with van der Waals surface area (Å²) in [5.74, 6) is 0. The molecule has 2 nitrogen and oxygen atoms in total. The van der Waals surface area contributed by atoms with Crippen molar-refractivity contribution < 1.29 is 9.11 Å². The SMILES string of the molecule is CC.OSO.[Na]. The second-order valence-electron chi connectivity index (χ2n) is 0.0816. The maximum atomic E-state index is 7.04. The average molecular weight is 119 g/mol. The summed E-state index contributed by atoms with van der Waals surface area (Å²) in [6.07, 6.45) is 0. The van der Waals surface area contributed by atoms with Crippen LogP contribution in [0.2, 0.25) is 0 Å². The van der Waals surface area contributed by atoms with Gasteiger partial charge in [-0.3, -0.25) is 0 Å². The average Bonchev–Trinajstić information content (AvgIpc) is 1.46. The minimum absolute atomic E-state index is 0. The maximum Gasteiger partial charge on any atom is 0.152 e. The van der Waals surface area contributed by atoms with Crippen LogP contribution in [0.4, 0.5) is 0 Å². The predicted octanol–water partition coefficient (Wildman–Crippen LogP) is 1.31. The molecule has 0 aromatic heterocycles. The molecule has 0 amide bonds. The van der Waals surface area contributed by atoms with Gasteiger partial charge in [-0.25, -0.2) is 0 Å². The summed E-state index contributed by atoms with van der Waals surface area (Å²) in [7, 11) is 0. The molecule has 0 atom stereocenters. The van der Waals surface area contributed by atoms with Crippen molar-refractivity contribution in [2.75, 3.05) is 0 Å². The van der Waals surface area contributed by atoms with Crippen LogP contribution in [0.25, 0.3) is 0 Å². The van der Waals surface area contributed by atoms with Crippen molar-refractivity contribution in [1.82, 2.24) is 0 Å². The van der Waals surface area contributed by atoms with E-state index in [2.05, 4.69) is 0 Å². The minimum atomic E-state index is -0.250. The molecule has 0 aliphatic heterocycles. The van der Waals surface area contributed by atoms with Crippen LogP contribution in [0.15, 0.2) is 0 Å². The van der Waals surface area contributed by atoms with Crippen molar-refractivity contribution in [3.63, 3.8) is 0 Å². The van der Waals surface area contributed by atoms with Crippen molar-refractivity contribution in [2.45, 2.75) is 13.8 Å². The normalized spacial score (nSPS) is 4.00. The van der Waals surface area contributed by atoms with Crippen LogP contribution in [0.5, 0.6) is 0 Å². The molecule has 0 rings (SSSR count). The Labute approximate surface area is 64.7 Å². The van der Waals surface area contributed by atoms with Gasteiger partial charge in [0.1, 0.15) is 0 Å². The summed E-state index contributed by atoms with van der Waals surface area (Å²) >= 11 is -0.250. The van der Waals surface area contributed by atoms with Gasteiger partial charge in [0.05, 0.1) is 0 Å². The van der Waals surface area contributed by atoms with Crippen LogP contribution < -0.4 is 0 Å². The fourth-order valence-electron chi connectivity index (χ4n) is 0. The van der Waals surface area contributed by atoms with Crippen molar-refractivity contribution in [1.29, 1.82) is 0 Å². The monoisotopic (exact) mass is 119 g/mol. The van der Waals surface area contributed by atoms with Gasteiger partial charge in [0.15, 0.2) is 12.3 Å². The third-order valence-corrected chi connectivity index (χ3v) is 0.